The molecule has 32 heavy (non-hydrogen) atoms. The van der Waals surface area contributed by atoms with Crippen molar-refractivity contribution in [2.24, 2.45) is 29.1 Å². The Kier molecular flexibility index (Phi) is 14.6. The molecular weight excluding hydrogens is 384 g/mol. The van der Waals surface area contributed by atoms with E-state index >= 15 is 0 Å². The summed E-state index contributed by atoms with van der Waals surface area (Å²) >= 11 is 0. The molecule has 0 radical (unpaired) electrons. The van der Waals surface area contributed by atoms with Crippen molar-refractivity contribution in [2.45, 2.75) is 175 Å². The summed E-state index contributed by atoms with van der Waals surface area (Å²) in [6.07, 6.45) is 34.5. The summed E-state index contributed by atoms with van der Waals surface area (Å²) in [7, 11) is 0. The highest BCUT2D eigenvalue weighted by atomic mass is 14.4. The van der Waals surface area contributed by atoms with Crippen LogP contribution < -0.4 is 0 Å². The minimum Gasteiger partial charge on any atom is -0.0654 e. The predicted molar refractivity (Wildman–Crippen MR) is 145 cm³/mol. The fourth-order valence-electron chi connectivity index (χ4n) is 7.70. The zero-order chi connectivity index (χ0) is 23.1. The maximum Gasteiger partial charge on any atom is -0.0297 e. The quantitative estimate of drug-likeness (QED) is 0.279. The van der Waals surface area contributed by atoms with E-state index in [1.807, 2.05) is 0 Å². The van der Waals surface area contributed by atoms with Gasteiger partial charge in [-0.3, -0.25) is 0 Å². The van der Waals surface area contributed by atoms with Crippen LogP contribution in [0.4, 0.5) is 0 Å². The van der Waals surface area contributed by atoms with Crippen molar-refractivity contribution in [3.63, 3.8) is 0 Å². The fraction of sp³-hybridized carbons (Fsp3) is 1.00. The summed E-state index contributed by atoms with van der Waals surface area (Å²) in [4.78, 5) is 0. The molecule has 0 spiro atoms. The molecule has 0 aromatic rings. The number of unbranched alkanes of at least 4 members (excludes halogenated alkanes) is 4. The first-order chi connectivity index (χ1) is 15.7. The van der Waals surface area contributed by atoms with E-state index in [4.69, 9.17) is 0 Å². The standard InChI is InChI=1S/C18H36.C14H26/c1-4-7-10-17-11-15-18(16-12-17,13-8-5-2)14-9-6-3;1-2-3-7-12-9-6-10-13-8-4-5-11-14(12)13/h17H,4-16H2,1-3H3;12-14H,2-11H2,1H3. The van der Waals surface area contributed by atoms with Crippen LogP contribution in [0.1, 0.15) is 175 Å². The molecule has 3 rings (SSSR count). The maximum absolute atomic E-state index is 2.35. The third-order valence-electron chi connectivity index (χ3n) is 9.90. The number of fused-ring (bicyclic) bond motifs is 1. The summed E-state index contributed by atoms with van der Waals surface area (Å²) in [5.41, 5.74) is 0.759. The molecule has 0 amide bonds. The normalized spacial score (nSPS) is 27.9. The third-order valence-corrected chi connectivity index (χ3v) is 9.90. The molecule has 3 saturated carbocycles. The molecule has 0 nitrogen and oxygen atoms in total. The first-order valence-corrected chi connectivity index (χ1v) is 15.7. The lowest BCUT2D eigenvalue weighted by Gasteiger charge is -2.41. The Hall–Kier alpha value is 0. The van der Waals surface area contributed by atoms with Crippen molar-refractivity contribution in [2.75, 3.05) is 0 Å². The van der Waals surface area contributed by atoms with Crippen molar-refractivity contribution >= 4 is 0 Å². The van der Waals surface area contributed by atoms with E-state index in [-0.39, 0.29) is 0 Å². The minimum absolute atomic E-state index is 0.759. The second-order valence-electron chi connectivity index (χ2n) is 12.3. The van der Waals surface area contributed by atoms with E-state index in [1.165, 1.54) is 109 Å². The third kappa shape index (κ3) is 9.70. The van der Waals surface area contributed by atoms with Gasteiger partial charge in [0.05, 0.1) is 0 Å². The molecule has 3 unspecified atom stereocenters. The van der Waals surface area contributed by atoms with Gasteiger partial charge in [0.15, 0.2) is 0 Å². The van der Waals surface area contributed by atoms with Gasteiger partial charge in [0.2, 0.25) is 0 Å². The van der Waals surface area contributed by atoms with Gasteiger partial charge in [-0.1, -0.05) is 130 Å². The molecule has 0 heterocycles. The van der Waals surface area contributed by atoms with Crippen LogP contribution in [0.3, 0.4) is 0 Å². The van der Waals surface area contributed by atoms with Crippen molar-refractivity contribution in [3.05, 3.63) is 0 Å². The molecular formula is C32H62. The molecule has 0 saturated heterocycles. The molecule has 3 aliphatic carbocycles. The van der Waals surface area contributed by atoms with Gasteiger partial charge in [0.1, 0.15) is 0 Å². The van der Waals surface area contributed by atoms with Gasteiger partial charge >= 0.3 is 0 Å². The highest BCUT2D eigenvalue weighted by Crippen LogP contribution is 2.47. The van der Waals surface area contributed by atoms with Crippen LogP contribution in [0.2, 0.25) is 0 Å². The number of hydrogen-bond donors (Lipinski definition) is 0. The maximum atomic E-state index is 2.35. The van der Waals surface area contributed by atoms with Gasteiger partial charge in [0.25, 0.3) is 0 Å². The number of rotatable bonds is 12. The van der Waals surface area contributed by atoms with Crippen molar-refractivity contribution < 1.29 is 0 Å². The summed E-state index contributed by atoms with van der Waals surface area (Å²) in [5.74, 6) is 4.47. The SMILES string of the molecule is CCCCC1CCC(CCCC)(CCCC)CC1.CCCCC1CCCC2CCCCC12. The van der Waals surface area contributed by atoms with Gasteiger partial charge in [-0.15, -0.1) is 0 Å². The lowest BCUT2D eigenvalue weighted by Crippen LogP contribution is -2.30. The topological polar surface area (TPSA) is 0 Å². The Morgan fingerprint density at radius 3 is 1.75 bits per heavy atom. The minimum atomic E-state index is 0.759. The van der Waals surface area contributed by atoms with Crippen LogP contribution in [-0.4, -0.2) is 0 Å². The second-order valence-corrected chi connectivity index (χ2v) is 12.3. The lowest BCUT2D eigenvalue weighted by molar-refractivity contribution is 0.0965. The average Bonchev–Trinajstić information content (AvgIpc) is 2.85. The predicted octanol–water partition coefficient (Wildman–Crippen LogP) is 11.5. The fourth-order valence-corrected chi connectivity index (χ4v) is 7.70. The Bertz CT molecular complexity index is 417. The van der Waals surface area contributed by atoms with E-state index in [0.717, 1.165) is 29.1 Å². The van der Waals surface area contributed by atoms with Crippen molar-refractivity contribution in [1.29, 1.82) is 0 Å². The zero-order valence-corrected chi connectivity index (χ0v) is 23.1. The summed E-state index contributed by atoms with van der Waals surface area (Å²) in [6, 6.07) is 0. The largest absolute Gasteiger partial charge is 0.0654 e. The molecule has 3 fully saturated rings. The van der Waals surface area contributed by atoms with Gasteiger partial charge in [-0.2, -0.15) is 0 Å². The Balaban J connectivity index is 0.000000233. The summed E-state index contributed by atoms with van der Waals surface area (Å²) in [6.45, 7) is 9.36. The van der Waals surface area contributed by atoms with Crippen LogP contribution in [0.15, 0.2) is 0 Å². The molecule has 3 aliphatic rings. The van der Waals surface area contributed by atoms with E-state index < -0.39 is 0 Å². The van der Waals surface area contributed by atoms with Crippen LogP contribution in [0.5, 0.6) is 0 Å². The molecule has 0 aromatic heterocycles. The molecule has 0 aromatic carbocycles. The van der Waals surface area contributed by atoms with Crippen LogP contribution >= 0.6 is 0 Å². The second kappa shape index (κ2) is 16.6. The first kappa shape index (κ1) is 28.2. The van der Waals surface area contributed by atoms with Crippen molar-refractivity contribution in [3.8, 4) is 0 Å². The highest BCUT2D eigenvalue weighted by molar-refractivity contribution is 4.86. The van der Waals surface area contributed by atoms with Crippen LogP contribution in [0.25, 0.3) is 0 Å². The van der Waals surface area contributed by atoms with Crippen molar-refractivity contribution in [1.82, 2.24) is 0 Å². The molecule has 0 aliphatic heterocycles. The van der Waals surface area contributed by atoms with E-state index in [1.54, 1.807) is 38.5 Å². The first-order valence-electron chi connectivity index (χ1n) is 15.7. The molecule has 0 heteroatoms. The average molecular weight is 447 g/mol. The van der Waals surface area contributed by atoms with Gasteiger partial charge in [-0.05, 0) is 74.0 Å². The summed E-state index contributed by atoms with van der Waals surface area (Å²) in [5, 5.41) is 0. The van der Waals surface area contributed by atoms with E-state index in [0.29, 0.717) is 0 Å². The molecule has 0 N–H and O–H groups in total. The monoisotopic (exact) mass is 446 g/mol. The highest BCUT2D eigenvalue weighted by Gasteiger charge is 2.34. The van der Waals surface area contributed by atoms with E-state index in [9.17, 15) is 0 Å². The van der Waals surface area contributed by atoms with Crippen LogP contribution in [0, 0.1) is 29.1 Å². The van der Waals surface area contributed by atoms with E-state index in [2.05, 4.69) is 27.7 Å². The van der Waals surface area contributed by atoms with Crippen LogP contribution in [-0.2, 0) is 0 Å². The van der Waals surface area contributed by atoms with Gasteiger partial charge < -0.3 is 0 Å². The van der Waals surface area contributed by atoms with Gasteiger partial charge in [-0.25, -0.2) is 0 Å². The molecule has 0 bridgehead atoms. The Morgan fingerprint density at radius 2 is 1.12 bits per heavy atom. The van der Waals surface area contributed by atoms with Gasteiger partial charge in [0, 0.05) is 0 Å². The zero-order valence-electron chi connectivity index (χ0n) is 23.1. The molecule has 3 atom stereocenters. The Morgan fingerprint density at radius 1 is 0.562 bits per heavy atom. The number of hydrogen-bond acceptors (Lipinski definition) is 0. The smallest absolute Gasteiger partial charge is 0.0297 e. The Labute approximate surface area is 204 Å². The lowest BCUT2D eigenvalue weighted by atomic mass is 9.64. The summed E-state index contributed by atoms with van der Waals surface area (Å²) < 4.78 is 0. The molecule has 190 valence electrons.